The van der Waals surface area contributed by atoms with Crippen molar-refractivity contribution in [2.45, 2.75) is 6.42 Å². The lowest BCUT2D eigenvalue weighted by molar-refractivity contribution is -0.00813. The highest BCUT2D eigenvalue weighted by atomic mass is 79.9. The Morgan fingerprint density at radius 1 is 1.14 bits per heavy atom. The second-order valence-electron chi connectivity index (χ2n) is 6.23. The second-order valence-corrected chi connectivity index (χ2v) is 7.15. The maximum atomic E-state index is 13.1. The molecule has 0 fully saturated rings. The topological polar surface area (TPSA) is 83.2 Å². The number of ether oxygens (including phenoxy) is 4. The summed E-state index contributed by atoms with van der Waals surface area (Å²) < 4.78 is 22.0. The summed E-state index contributed by atoms with van der Waals surface area (Å²) in [7, 11) is 3.17. The number of hydrogen-bond acceptors (Lipinski definition) is 6. The quantitative estimate of drug-likeness (QED) is 0.377. The highest BCUT2D eigenvalue weighted by molar-refractivity contribution is 9.10. The van der Waals surface area contributed by atoms with E-state index in [9.17, 15) is 4.79 Å². The van der Waals surface area contributed by atoms with E-state index < -0.39 is 0 Å². The molecule has 0 spiro atoms. The molecule has 1 heterocycles. The monoisotopic (exact) mass is 450 g/mol. The zero-order chi connectivity index (χ0) is 20.1. The molecule has 0 unspecified atom stereocenters. The molecule has 8 heteroatoms. The van der Waals surface area contributed by atoms with Gasteiger partial charge in [0.25, 0.3) is 5.91 Å². The first-order valence-electron chi connectivity index (χ1n) is 8.82. The van der Waals surface area contributed by atoms with Crippen LogP contribution >= 0.6 is 15.9 Å². The van der Waals surface area contributed by atoms with Gasteiger partial charge in [0.15, 0.2) is 6.79 Å². The fraction of sp³-hybridized carbons (Fsp3) is 0.350. The van der Waals surface area contributed by atoms with E-state index in [1.165, 1.54) is 0 Å². The van der Waals surface area contributed by atoms with Gasteiger partial charge in [-0.2, -0.15) is 0 Å². The van der Waals surface area contributed by atoms with Gasteiger partial charge in [-0.3, -0.25) is 4.79 Å². The third kappa shape index (κ3) is 4.40. The van der Waals surface area contributed by atoms with Crippen molar-refractivity contribution in [2.75, 3.05) is 51.4 Å². The van der Waals surface area contributed by atoms with Crippen molar-refractivity contribution in [3.63, 3.8) is 0 Å². The molecular formula is C20H23BrN2O5. The summed E-state index contributed by atoms with van der Waals surface area (Å²) >= 11 is 3.46. The molecular weight excluding hydrogens is 428 g/mol. The molecule has 0 saturated heterocycles. The van der Waals surface area contributed by atoms with Crippen molar-refractivity contribution in [3.05, 3.63) is 45.9 Å². The van der Waals surface area contributed by atoms with E-state index in [1.54, 1.807) is 37.3 Å². The predicted octanol–water partition coefficient (Wildman–Crippen LogP) is 3.24. The summed E-state index contributed by atoms with van der Waals surface area (Å²) in [6.07, 6.45) is 0.725. The first kappa shape index (κ1) is 20.4. The van der Waals surface area contributed by atoms with Gasteiger partial charge in [0.2, 0.25) is 0 Å². The van der Waals surface area contributed by atoms with E-state index in [4.69, 9.17) is 24.7 Å². The largest absolute Gasteiger partial charge is 0.496 e. The minimum absolute atomic E-state index is 0.0784. The summed E-state index contributed by atoms with van der Waals surface area (Å²) in [5, 5.41) is 0. The number of amides is 1. The summed E-state index contributed by atoms with van der Waals surface area (Å²) in [6, 6.07) is 9.05. The number of anilines is 2. The van der Waals surface area contributed by atoms with Crippen molar-refractivity contribution in [1.29, 1.82) is 0 Å². The van der Waals surface area contributed by atoms with Gasteiger partial charge in [0, 0.05) is 23.8 Å². The van der Waals surface area contributed by atoms with Gasteiger partial charge in [0.1, 0.15) is 11.5 Å². The van der Waals surface area contributed by atoms with Gasteiger partial charge < -0.3 is 29.6 Å². The van der Waals surface area contributed by atoms with Crippen LogP contribution in [0.15, 0.2) is 34.8 Å². The molecule has 0 atom stereocenters. The average Bonchev–Trinajstić information content (AvgIpc) is 2.68. The lowest BCUT2D eigenvalue weighted by atomic mass is 9.97. The molecule has 0 aliphatic carbocycles. The maximum absolute atomic E-state index is 13.1. The highest BCUT2D eigenvalue weighted by Gasteiger charge is 2.29. The zero-order valence-electron chi connectivity index (χ0n) is 15.9. The minimum Gasteiger partial charge on any atom is -0.496 e. The molecule has 2 N–H and O–H groups in total. The molecule has 1 aliphatic heterocycles. The van der Waals surface area contributed by atoms with Crippen LogP contribution in [0.4, 0.5) is 11.4 Å². The lowest BCUT2D eigenvalue weighted by Gasteiger charge is -2.30. The molecule has 2 aromatic carbocycles. The van der Waals surface area contributed by atoms with Crippen LogP contribution in [0, 0.1) is 0 Å². The number of carbonyl (C=O) groups is 1. The molecule has 7 nitrogen and oxygen atoms in total. The van der Waals surface area contributed by atoms with Gasteiger partial charge >= 0.3 is 0 Å². The number of halogens is 1. The maximum Gasteiger partial charge on any atom is 0.262 e. The van der Waals surface area contributed by atoms with E-state index in [-0.39, 0.29) is 12.7 Å². The molecule has 2 aromatic rings. The first-order valence-corrected chi connectivity index (χ1v) is 9.61. The van der Waals surface area contributed by atoms with Crippen molar-refractivity contribution < 1.29 is 23.7 Å². The fourth-order valence-corrected chi connectivity index (χ4v) is 3.58. The van der Waals surface area contributed by atoms with E-state index in [0.29, 0.717) is 48.2 Å². The SMILES string of the molecule is COCCOCOc1ccc(N2CCc3cc(Br)cc(OC)c3C2=O)cc1N. The number of nitrogen functional groups attached to an aromatic ring is 1. The molecule has 0 radical (unpaired) electrons. The van der Waals surface area contributed by atoms with E-state index in [1.807, 2.05) is 12.1 Å². The van der Waals surface area contributed by atoms with Crippen LogP contribution in [0.3, 0.4) is 0 Å². The molecule has 1 aliphatic rings. The summed E-state index contributed by atoms with van der Waals surface area (Å²) in [5.74, 6) is 0.953. The fourth-order valence-electron chi connectivity index (χ4n) is 3.09. The number of nitrogens with zero attached hydrogens (tertiary/aromatic N) is 1. The molecule has 1 amide bonds. The van der Waals surface area contributed by atoms with Crippen molar-refractivity contribution in [1.82, 2.24) is 0 Å². The highest BCUT2D eigenvalue weighted by Crippen LogP contribution is 2.35. The Bertz CT molecular complexity index is 841. The summed E-state index contributed by atoms with van der Waals surface area (Å²) in [6.45, 7) is 1.57. The molecule has 150 valence electrons. The van der Waals surface area contributed by atoms with Crippen molar-refractivity contribution >= 4 is 33.2 Å². The summed E-state index contributed by atoms with van der Waals surface area (Å²) in [4.78, 5) is 14.8. The standard InChI is InChI=1S/C20H23BrN2O5/c1-25-7-8-27-12-28-17-4-3-15(11-16(17)22)23-6-5-13-9-14(21)10-18(26-2)19(13)20(23)24/h3-4,9-11H,5-8,12,22H2,1-2H3. The Kier molecular flexibility index (Phi) is 6.77. The number of benzene rings is 2. The Morgan fingerprint density at radius 2 is 1.96 bits per heavy atom. The zero-order valence-corrected chi connectivity index (χ0v) is 17.5. The van der Waals surface area contributed by atoms with Crippen LogP contribution in [-0.2, 0) is 15.9 Å². The predicted molar refractivity (Wildman–Crippen MR) is 110 cm³/mol. The second kappa shape index (κ2) is 9.27. The van der Waals surface area contributed by atoms with E-state index >= 15 is 0 Å². The lowest BCUT2D eigenvalue weighted by Crippen LogP contribution is -2.38. The van der Waals surface area contributed by atoms with Gasteiger partial charge in [0.05, 0.1) is 31.6 Å². The van der Waals surface area contributed by atoms with Gasteiger partial charge in [-0.25, -0.2) is 0 Å². The number of nitrogens with two attached hydrogens (primary N) is 1. The van der Waals surface area contributed by atoms with Crippen molar-refractivity contribution in [2.24, 2.45) is 0 Å². The molecule has 0 bridgehead atoms. The van der Waals surface area contributed by atoms with Gasteiger partial charge in [-0.05, 0) is 42.3 Å². The van der Waals surface area contributed by atoms with Crippen LogP contribution in [0.25, 0.3) is 0 Å². The van der Waals surface area contributed by atoms with Gasteiger partial charge in [-0.1, -0.05) is 15.9 Å². The van der Waals surface area contributed by atoms with Crippen LogP contribution in [-0.4, -0.2) is 46.7 Å². The molecule has 0 aromatic heterocycles. The number of rotatable bonds is 8. The first-order chi connectivity index (χ1) is 13.5. The van der Waals surface area contributed by atoms with Crippen LogP contribution in [0.1, 0.15) is 15.9 Å². The molecule has 0 saturated carbocycles. The number of methoxy groups -OCH3 is 2. The average molecular weight is 451 g/mol. The Balaban J connectivity index is 1.76. The number of hydrogen-bond donors (Lipinski definition) is 1. The Labute approximate surface area is 172 Å². The third-order valence-electron chi connectivity index (χ3n) is 4.47. The van der Waals surface area contributed by atoms with Crippen LogP contribution in [0.2, 0.25) is 0 Å². The Hall–Kier alpha value is -2.29. The number of fused-ring (bicyclic) bond motifs is 1. The molecule has 3 rings (SSSR count). The van der Waals surface area contributed by atoms with E-state index in [2.05, 4.69) is 15.9 Å². The van der Waals surface area contributed by atoms with Gasteiger partial charge in [-0.15, -0.1) is 0 Å². The third-order valence-corrected chi connectivity index (χ3v) is 4.92. The molecule has 28 heavy (non-hydrogen) atoms. The normalized spacial score (nSPS) is 13.4. The van der Waals surface area contributed by atoms with Crippen LogP contribution < -0.4 is 20.1 Å². The minimum atomic E-state index is -0.110. The van der Waals surface area contributed by atoms with Crippen LogP contribution in [0.5, 0.6) is 11.5 Å². The smallest absolute Gasteiger partial charge is 0.262 e. The van der Waals surface area contributed by atoms with Crippen molar-refractivity contribution in [3.8, 4) is 11.5 Å². The van der Waals surface area contributed by atoms with E-state index in [0.717, 1.165) is 16.5 Å². The Morgan fingerprint density at radius 3 is 2.68 bits per heavy atom. The summed E-state index contributed by atoms with van der Waals surface area (Å²) in [5.41, 5.74) is 8.82. The number of carbonyl (C=O) groups excluding carboxylic acids is 1.